The first-order valence-electron chi connectivity index (χ1n) is 18.1. The third kappa shape index (κ3) is 12.9. The molecule has 0 aliphatic heterocycles. The topological polar surface area (TPSA) is 93.1 Å². The van der Waals surface area contributed by atoms with Gasteiger partial charge in [0.05, 0.1) is 35.5 Å². The van der Waals surface area contributed by atoms with Gasteiger partial charge in [0.2, 0.25) is 0 Å². The fourth-order valence-corrected chi connectivity index (χ4v) is 7.16. The summed E-state index contributed by atoms with van der Waals surface area (Å²) in [5, 5.41) is 21.1. The molecule has 4 rings (SSSR count). The van der Waals surface area contributed by atoms with Crippen LogP contribution in [0.15, 0.2) is 36.4 Å². The molecule has 0 amide bonds. The Labute approximate surface area is 288 Å². The molecular weight excluding hydrogens is 614 g/mol. The van der Waals surface area contributed by atoms with Crippen molar-refractivity contribution in [3.05, 3.63) is 59.2 Å². The SMILES string of the molecule is CC.CC.CC(C)(O)C1CCCCC1COc1cccc(F)c1C=O.CCCC(C)(O)C1CCCCC1COc1cccc(F)c1C=O. The van der Waals surface area contributed by atoms with E-state index in [1.54, 1.807) is 18.2 Å². The van der Waals surface area contributed by atoms with Gasteiger partial charge in [-0.2, -0.15) is 0 Å². The van der Waals surface area contributed by atoms with Gasteiger partial charge in [0.15, 0.2) is 12.6 Å². The zero-order valence-electron chi connectivity index (χ0n) is 30.7. The highest BCUT2D eigenvalue weighted by Crippen LogP contribution is 2.40. The van der Waals surface area contributed by atoms with Crippen LogP contribution in [0.5, 0.6) is 11.5 Å². The van der Waals surface area contributed by atoms with Gasteiger partial charge in [-0.15, -0.1) is 0 Å². The second-order valence-electron chi connectivity index (χ2n) is 13.2. The van der Waals surface area contributed by atoms with Crippen LogP contribution in [0.25, 0.3) is 0 Å². The van der Waals surface area contributed by atoms with Gasteiger partial charge < -0.3 is 19.7 Å². The molecule has 272 valence electrons. The van der Waals surface area contributed by atoms with E-state index in [9.17, 15) is 28.6 Å². The summed E-state index contributed by atoms with van der Waals surface area (Å²) in [7, 11) is 0. The number of benzene rings is 2. The molecule has 5 unspecified atom stereocenters. The number of aliphatic hydroxyl groups is 2. The molecule has 0 heterocycles. The number of carbonyl (C=O) groups excluding carboxylic acids is 2. The lowest BCUT2D eigenvalue weighted by molar-refractivity contribution is -0.0579. The smallest absolute Gasteiger partial charge is 0.156 e. The maximum atomic E-state index is 13.6. The lowest BCUT2D eigenvalue weighted by Gasteiger charge is -2.41. The minimum atomic E-state index is -0.746. The molecule has 48 heavy (non-hydrogen) atoms. The molecule has 0 saturated heterocycles. The summed E-state index contributed by atoms with van der Waals surface area (Å²) >= 11 is 0. The number of ether oxygens (including phenoxy) is 2. The van der Waals surface area contributed by atoms with Crippen LogP contribution in [0, 0.1) is 35.3 Å². The molecule has 2 aliphatic rings. The summed E-state index contributed by atoms with van der Waals surface area (Å²) in [6.45, 7) is 16.5. The van der Waals surface area contributed by atoms with Gasteiger partial charge in [-0.3, -0.25) is 9.59 Å². The normalized spacial score (nSPS) is 21.8. The zero-order chi connectivity index (χ0) is 36.3. The lowest BCUT2D eigenvalue weighted by Crippen LogP contribution is -2.42. The van der Waals surface area contributed by atoms with Crippen LogP contribution < -0.4 is 9.47 Å². The highest BCUT2D eigenvalue weighted by Gasteiger charge is 2.39. The maximum absolute atomic E-state index is 13.6. The van der Waals surface area contributed by atoms with Crippen molar-refractivity contribution in [2.75, 3.05) is 13.2 Å². The summed E-state index contributed by atoms with van der Waals surface area (Å²) in [5.41, 5.74) is -1.50. The molecule has 2 aliphatic carbocycles. The van der Waals surface area contributed by atoms with Gasteiger partial charge in [0.25, 0.3) is 0 Å². The van der Waals surface area contributed by atoms with Crippen molar-refractivity contribution in [3.8, 4) is 11.5 Å². The van der Waals surface area contributed by atoms with Crippen LogP contribution in [-0.2, 0) is 0 Å². The van der Waals surface area contributed by atoms with Crippen LogP contribution in [0.4, 0.5) is 8.78 Å². The van der Waals surface area contributed by atoms with E-state index in [1.165, 1.54) is 18.2 Å². The van der Waals surface area contributed by atoms with E-state index in [0.29, 0.717) is 31.5 Å². The Morgan fingerprint density at radius 3 is 1.50 bits per heavy atom. The first kappa shape index (κ1) is 43.2. The number of halogens is 2. The zero-order valence-corrected chi connectivity index (χ0v) is 30.7. The van der Waals surface area contributed by atoms with E-state index in [-0.39, 0.29) is 40.5 Å². The molecule has 5 atom stereocenters. The van der Waals surface area contributed by atoms with Gasteiger partial charge in [0.1, 0.15) is 23.1 Å². The molecule has 2 N–H and O–H groups in total. The van der Waals surface area contributed by atoms with E-state index in [2.05, 4.69) is 6.92 Å². The Morgan fingerprint density at radius 2 is 1.10 bits per heavy atom. The average Bonchev–Trinajstić information content (AvgIpc) is 3.08. The Kier molecular flexibility index (Phi) is 19.8. The predicted molar refractivity (Wildman–Crippen MR) is 190 cm³/mol. The monoisotopic (exact) mass is 676 g/mol. The van der Waals surface area contributed by atoms with Gasteiger partial charge >= 0.3 is 0 Å². The van der Waals surface area contributed by atoms with Crippen LogP contribution in [0.1, 0.15) is 140 Å². The number of hydrogen-bond donors (Lipinski definition) is 2. The molecule has 6 nitrogen and oxygen atoms in total. The van der Waals surface area contributed by atoms with Crippen molar-refractivity contribution in [2.45, 2.75) is 131 Å². The first-order chi connectivity index (χ1) is 22.9. The van der Waals surface area contributed by atoms with Crippen molar-refractivity contribution in [1.29, 1.82) is 0 Å². The van der Waals surface area contributed by atoms with Crippen LogP contribution in [-0.4, -0.2) is 47.2 Å². The predicted octanol–water partition coefficient (Wildman–Crippen LogP) is 10.0. The molecule has 2 aromatic carbocycles. The van der Waals surface area contributed by atoms with Crippen molar-refractivity contribution in [1.82, 2.24) is 0 Å². The summed E-state index contributed by atoms with van der Waals surface area (Å²) < 4.78 is 38.6. The number of rotatable bonds is 12. The standard InChI is InChI=1S/C19H27FO3.C17H23FO3.2C2H6/c1-3-11-19(2,22)16-8-5-4-7-14(16)13-23-18-10-6-9-17(20)15(18)12-21;1-17(2,20)14-7-4-3-6-12(14)11-21-16-9-5-8-15(18)13(16)10-19;2*1-2/h6,9-10,12,14,16,22H,3-5,7-8,11,13H2,1-2H3;5,8-10,12,14,20H,3-4,6-7,11H2,1-2H3;2*1-2H3. The Morgan fingerprint density at radius 1 is 0.708 bits per heavy atom. The third-order valence-electron chi connectivity index (χ3n) is 9.45. The highest BCUT2D eigenvalue weighted by molar-refractivity contribution is 5.80. The van der Waals surface area contributed by atoms with Crippen LogP contribution in [0.2, 0.25) is 0 Å². The van der Waals surface area contributed by atoms with Gasteiger partial charge in [-0.05, 0) is 101 Å². The van der Waals surface area contributed by atoms with E-state index in [4.69, 9.17) is 9.47 Å². The Bertz CT molecular complexity index is 1210. The van der Waals surface area contributed by atoms with Crippen LogP contribution >= 0.6 is 0 Å². The fourth-order valence-electron chi connectivity index (χ4n) is 7.16. The average molecular weight is 677 g/mol. The van der Waals surface area contributed by atoms with E-state index in [1.807, 2.05) is 48.5 Å². The molecular formula is C40H62F2O6. The second kappa shape index (κ2) is 22.0. The largest absolute Gasteiger partial charge is 0.492 e. The van der Waals surface area contributed by atoms with Gasteiger partial charge in [-0.1, -0.05) is 78.9 Å². The molecule has 0 aromatic heterocycles. The van der Waals surface area contributed by atoms with Gasteiger partial charge in [-0.25, -0.2) is 8.78 Å². The van der Waals surface area contributed by atoms with E-state index < -0.39 is 22.8 Å². The van der Waals surface area contributed by atoms with Crippen LogP contribution in [0.3, 0.4) is 0 Å². The molecule has 8 heteroatoms. The lowest BCUT2D eigenvalue weighted by atomic mass is 9.69. The molecule has 2 aromatic rings. The highest BCUT2D eigenvalue weighted by atomic mass is 19.1. The fraction of sp³-hybridized carbons (Fsp3) is 0.650. The Hall–Kier alpha value is -2.84. The molecule has 0 bridgehead atoms. The van der Waals surface area contributed by atoms with Crippen molar-refractivity contribution in [2.24, 2.45) is 23.7 Å². The number of aldehydes is 2. The molecule has 0 spiro atoms. The summed E-state index contributed by atoms with van der Waals surface area (Å²) in [6.07, 6.45) is 11.1. The molecule has 2 saturated carbocycles. The minimum absolute atomic E-state index is 0.0276. The summed E-state index contributed by atoms with van der Waals surface area (Å²) in [4.78, 5) is 22.0. The van der Waals surface area contributed by atoms with E-state index >= 15 is 0 Å². The summed E-state index contributed by atoms with van der Waals surface area (Å²) in [6, 6.07) is 8.81. The molecule has 2 fully saturated rings. The van der Waals surface area contributed by atoms with Crippen molar-refractivity contribution >= 4 is 12.6 Å². The van der Waals surface area contributed by atoms with Crippen molar-refractivity contribution in [3.63, 3.8) is 0 Å². The summed E-state index contributed by atoms with van der Waals surface area (Å²) in [5.74, 6) is 0.254. The quantitative estimate of drug-likeness (QED) is 0.217. The number of hydrogen-bond acceptors (Lipinski definition) is 6. The minimum Gasteiger partial charge on any atom is -0.492 e. The van der Waals surface area contributed by atoms with Crippen molar-refractivity contribution < 1.29 is 38.1 Å². The second-order valence-corrected chi connectivity index (χ2v) is 13.2. The first-order valence-corrected chi connectivity index (χ1v) is 18.1. The molecule has 0 radical (unpaired) electrons. The third-order valence-corrected chi connectivity index (χ3v) is 9.45. The van der Waals surface area contributed by atoms with E-state index in [0.717, 1.165) is 64.2 Å². The number of carbonyl (C=O) groups is 2. The maximum Gasteiger partial charge on any atom is 0.156 e. The van der Waals surface area contributed by atoms with Gasteiger partial charge in [0, 0.05) is 0 Å². The Balaban J connectivity index is 0.000000436.